The van der Waals surface area contributed by atoms with E-state index in [-0.39, 0.29) is 10.6 Å². The molecule has 0 fully saturated rings. The number of nitrogens with zero attached hydrogens (tertiary/aromatic N) is 1. The number of ether oxygens (including phenoxy) is 1. The second-order valence-corrected chi connectivity index (χ2v) is 4.34. The molecule has 0 aliphatic heterocycles. The van der Waals surface area contributed by atoms with Crippen molar-refractivity contribution in [3.05, 3.63) is 35.1 Å². The molecule has 2 rings (SSSR count). The first-order chi connectivity index (χ1) is 8.60. The van der Waals surface area contributed by atoms with Gasteiger partial charge >= 0.3 is 5.97 Å². The molecule has 0 aliphatic carbocycles. The average molecular weight is 268 g/mol. The fourth-order valence-corrected chi connectivity index (χ4v) is 1.94. The number of halogens is 1. The molecule has 0 atom stereocenters. The number of aromatic nitrogens is 1. The van der Waals surface area contributed by atoms with Gasteiger partial charge in [0, 0.05) is 6.07 Å². The number of thiazole rings is 1. The van der Waals surface area contributed by atoms with E-state index < -0.39 is 11.8 Å². The summed E-state index contributed by atoms with van der Waals surface area (Å²) in [5, 5.41) is 11.8. The van der Waals surface area contributed by atoms with Crippen molar-refractivity contribution in [3.63, 3.8) is 0 Å². The van der Waals surface area contributed by atoms with Crippen molar-refractivity contribution in [3.8, 4) is 5.75 Å². The van der Waals surface area contributed by atoms with E-state index >= 15 is 0 Å². The number of benzene rings is 1. The third kappa shape index (κ3) is 2.57. The lowest BCUT2D eigenvalue weighted by Crippen LogP contribution is -1.94. The van der Waals surface area contributed by atoms with Crippen LogP contribution in [0.3, 0.4) is 0 Å². The Kier molecular flexibility index (Phi) is 3.42. The van der Waals surface area contributed by atoms with Gasteiger partial charge in [-0.15, -0.1) is 0 Å². The van der Waals surface area contributed by atoms with Crippen molar-refractivity contribution in [1.29, 1.82) is 0 Å². The van der Waals surface area contributed by atoms with Crippen LogP contribution in [0, 0.1) is 5.82 Å². The maximum absolute atomic E-state index is 13.5. The number of carbonyl (C=O) groups is 1. The maximum Gasteiger partial charge on any atom is 0.347 e. The van der Waals surface area contributed by atoms with E-state index in [0.29, 0.717) is 10.9 Å². The number of aromatic carboxylic acids is 1. The fraction of sp³-hybridized carbons (Fsp3) is 0.0909. The summed E-state index contributed by atoms with van der Waals surface area (Å²) in [4.78, 5) is 14.6. The van der Waals surface area contributed by atoms with Gasteiger partial charge < -0.3 is 15.2 Å². The summed E-state index contributed by atoms with van der Waals surface area (Å²) >= 11 is 0.929. The minimum absolute atomic E-state index is 0.0841. The van der Waals surface area contributed by atoms with Crippen LogP contribution in [-0.4, -0.2) is 23.2 Å². The number of methoxy groups -OCH3 is 1. The summed E-state index contributed by atoms with van der Waals surface area (Å²) in [6.07, 6.45) is 1.22. The third-order valence-corrected chi connectivity index (χ3v) is 3.03. The smallest absolute Gasteiger partial charge is 0.347 e. The molecule has 0 amide bonds. The SMILES string of the molecule is COc1ccc(F)c(Nc2ncc(C(=O)O)s2)c1. The van der Waals surface area contributed by atoms with E-state index in [2.05, 4.69) is 10.3 Å². The summed E-state index contributed by atoms with van der Waals surface area (Å²) in [5.74, 6) is -1.04. The lowest BCUT2D eigenvalue weighted by molar-refractivity contribution is 0.0702. The number of carboxylic acid groups (broad SMARTS) is 1. The highest BCUT2D eigenvalue weighted by Crippen LogP contribution is 2.27. The van der Waals surface area contributed by atoms with Gasteiger partial charge in [-0.3, -0.25) is 0 Å². The highest BCUT2D eigenvalue weighted by molar-refractivity contribution is 7.17. The topological polar surface area (TPSA) is 71.5 Å². The first-order valence-electron chi connectivity index (χ1n) is 4.90. The first kappa shape index (κ1) is 12.3. The Morgan fingerprint density at radius 3 is 2.94 bits per heavy atom. The Hall–Kier alpha value is -2.15. The van der Waals surface area contributed by atoms with E-state index in [0.717, 1.165) is 11.3 Å². The van der Waals surface area contributed by atoms with Gasteiger partial charge in [-0.05, 0) is 12.1 Å². The average Bonchev–Trinajstić information content (AvgIpc) is 2.81. The molecule has 7 heteroatoms. The Bertz CT molecular complexity index is 585. The number of rotatable bonds is 4. The zero-order valence-electron chi connectivity index (χ0n) is 9.31. The zero-order valence-corrected chi connectivity index (χ0v) is 10.1. The van der Waals surface area contributed by atoms with Gasteiger partial charge in [-0.2, -0.15) is 0 Å². The fourth-order valence-electron chi connectivity index (χ4n) is 1.27. The van der Waals surface area contributed by atoms with Crippen molar-refractivity contribution >= 4 is 28.1 Å². The molecule has 0 saturated heterocycles. The van der Waals surface area contributed by atoms with E-state index in [9.17, 15) is 9.18 Å². The standard InChI is InChI=1S/C11H9FN2O3S/c1-17-6-2-3-7(12)8(4-6)14-11-13-5-9(18-11)10(15)16/h2-5H,1H3,(H,13,14)(H,15,16). The molecule has 2 aromatic rings. The normalized spacial score (nSPS) is 10.1. The minimum Gasteiger partial charge on any atom is -0.497 e. The number of hydrogen-bond donors (Lipinski definition) is 2. The number of hydrogen-bond acceptors (Lipinski definition) is 5. The molecule has 1 heterocycles. The second kappa shape index (κ2) is 5.01. The van der Waals surface area contributed by atoms with Crippen molar-refractivity contribution in [1.82, 2.24) is 4.98 Å². The summed E-state index contributed by atoms with van der Waals surface area (Å²) in [7, 11) is 1.48. The number of anilines is 2. The Labute approximate surface area is 106 Å². The van der Waals surface area contributed by atoms with Crippen molar-refractivity contribution < 1.29 is 19.0 Å². The molecular weight excluding hydrogens is 259 g/mol. The molecule has 0 spiro atoms. The van der Waals surface area contributed by atoms with E-state index in [1.807, 2.05) is 0 Å². The highest BCUT2D eigenvalue weighted by Gasteiger charge is 2.10. The molecule has 0 radical (unpaired) electrons. The van der Waals surface area contributed by atoms with Crippen molar-refractivity contribution in [2.45, 2.75) is 0 Å². The molecule has 0 saturated carbocycles. The molecule has 0 bridgehead atoms. The summed E-state index contributed by atoms with van der Waals surface area (Å²) in [6.45, 7) is 0. The van der Waals surface area contributed by atoms with Gasteiger partial charge in [0.25, 0.3) is 0 Å². The van der Waals surface area contributed by atoms with Gasteiger partial charge in [-0.25, -0.2) is 14.2 Å². The summed E-state index contributed by atoms with van der Waals surface area (Å²) in [5.41, 5.74) is 0.181. The molecule has 94 valence electrons. The van der Waals surface area contributed by atoms with Gasteiger partial charge in [0.1, 0.15) is 16.4 Å². The van der Waals surface area contributed by atoms with Crippen LogP contribution < -0.4 is 10.1 Å². The minimum atomic E-state index is -1.06. The third-order valence-electron chi connectivity index (χ3n) is 2.13. The van der Waals surface area contributed by atoms with E-state index in [1.165, 1.54) is 31.5 Å². The van der Waals surface area contributed by atoms with E-state index in [4.69, 9.17) is 9.84 Å². The second-order valence-electron chi connectivity index (χ2n) is 3.31. The van der Waals surface area contributed by atoms with Crippen LogP contribution in [0.2, 0.25) is 0 Å². The first-order valence-corrected chi connectivity index (χ1v) is 5.71. The van der Waals surface area contributed by atoms with Gasteiger partial charge in [-0.1, -0.05) is 11.3 Å². The number of nitrogens with one attached hydrogen (secondary N) is 1. The van der Waals surface area contributed by atoms with Crippen molar-refractivity contribution in [2.24, 2.45) is 0 Å². The molecule has 18 heavy (non-hydrogen) atoms. The lowest BCUT2D eigenvalue weighted by atomic mass is 10.3. The zero-order chi connectivity index (χ0) is 13.1. The predicted octanol–water partition coefficient (Wildman–Crippen LogP) is 2.73. The van der Waals surface area contributed by atoms with Crippen LogP contribution in [0.15, 0.2) is 24.4 Å². The van der Waals surface area contributed by atoms with Crippen molar-refractivity contribution in [2.75, 3.05) is 12.4 Å². The highest BCUT2D eigenvalue weighted by atomic mass is 32.1. The molecule has 2 N–H and O–H groups in total. The predicted molar refractivity (Wildman–Crippen MR) is 65.3 cm³/mol. The maximum atomic E-state index is 13.5. The van der Waals surface area contributed by atoms with Crippen LogP contribution in [0.5, 0.6) is 5.75 Å². The van der Waals surface area contributed by atoms with E-state index in [1.54, 1.807) is 0 Å². The van der Waals surface area contributed by atoms with Crippen LogP contribution >= 0.6 is 11.3 Å². The largest absolute Gasteiger partial charge is 0.497 e. The Balaban J connectivity index is 2.24. The van der Waals surface area contributed by atoms with Gasteiger partial charge in [0.2, 0.25) is 0 Å². The number of carboxylic acids is 1. The Morgan fingerprint density at radius 1 is 1.56 bits per heavy atom. The van der Waals surface area contributed by atoms with Crippen LogP contribution in [0.4, 0.5) is 15.2 Å². The Morgan fingerprint density at radius 2 is 2.33 bits per heavy atom. The summed E-state index contributed by atoms with van der Waals surface area (Å²) in [6, 6.07) is 4.22. The quantitative estimate of drug-likeness (QED) is 0.892. The summed E-state index contributed by atoms with van der Waals surface area (Å²) < 4.78 is 18.5. The van der Waals surface area contributed by atoms with Crippen LogP contribution in [0.25, 0.3) is 0 Å². The molecule has 5 nitrogen and oxygen atoms in total. The van der Waals surface area contributed by atoms with Crippen LogP contribution in [-0.2, 0) is 0 Å². The molecule has 1 aromatic heterocycles. The molecule has 1 aromatic carbocycles. The molecular formula is C11H9FN2O3S. The molecule has 0 aliphatic rings. The molecule has 0 unspecified atom stereocenters. The van der Waals surface area contributed by atoms with Gasteiger partial charge in [0.05, 0.1) is 19.0 Å². The lowest BCUT2D eigenvalue weighted by Gasteiger charge is -2.06. The van der Waals surface area contributed by atoms with Crippen LogP contribution in [0.1, 0.15) is 9.67 Å². The monoisotopic (exact) mass is 268 g/mol. The van der Waals surface area contributed by atoms with Gasteiger partial charge in [0.15, 0.2) is 5.13 Å².